The first-order valence-corrected chi connectivity index (χ1v) is 11.7. The van der Waals surface area contributed by atoms with E-state index in [0.717, 1.165) is 16.1 Å². The number of imidazole rings is 1. The lowest BCUT2D eigenvalue weighted by molar-refractivity contribution is -0.140. The van der Waals surface area contributed by atoms with Crippen molar-refractivity contribution >= 4 is 5.91 Å². The highest BCUT2D eigenvalue weighted by atomic mass is 19.4. The summed E-state index contributed by atoms with van der Waals surface area (Å²) in [5.74, 6) is 1.10. The summed E-state index contributed by atoms with van der Waals surface area (Å²) in [7, 11) is 3.00. The van der Waals surface area contributed by atoms with Crippen LogP contribution in [0.1, 0.15) is 38.6 Å². The van der Waals surface area contributed by atoms with Crippen molar-refractivity contribution in [2.45, 2.75) is 32.6 Å². The Bertz CT molecular complexity index is 1470. The topological polar surface area (TPSA) is 78.1 Å². The Morgan fingerprint density at radius 3 is 2.54 bits per heavy atom. The molecular formula is C26H25F3N6O2. The molecule has 0 unspecified atom stereocenters. The number of aryl methyl sites for hydroxylation is 2. The Hall–Kier alpha value is -4.15. The minimum Gasteiger partial charge on any atom is -0.495 e. The van der Waals surface area contributed by atoms with Crippen LogP contribution in [-0.2, 0) is 32.7 Å². The Morgan fingerprint density at radius 1 is 1.05 bits per heavy atom. The predicted molar refractivity (Wildman–Crippen MR) is 129 cm³/mol. The molecule has 0 saturated heterocycles. The number of nitrogens with zero attached hydrogens (tertiary/aromatic N) is 6. The number of ether oxygens (including phenoxy) is 1. The normalized spacial score (nSPS) is 13.7. The van der Waals surface area contributed by atoms with E-state index in [0.29, 0.717) is 54.1 Å². The van der Waals surface area contributed by atoms with E-state index in [2.05, 4.69) is 15.1 Å². The van der Waals surface area contributed by atoms with Crippen molar-refractivity contribution in [2.24, 2.45) is 7.05 Å². The highest BCUT2D eigenvalue weighted by Crippen LogP contribution is 2.40. The molecule has 1 aliphatic rings. The van der Waals surface area contributed by atoms with Crippen LogP contribution in [0.2, 0.25) is 0 Å². The number of aromatic nitrogens is 5. The summed E-state index contributed by atoms with van der Waals surface area (Å²) in [6.07, 6.45) is 3.84. The second-order valence-corrected chi connectivity index (χ2v) is 9.04. The first-order chi connectivity index (χ1) is 17.6. The maximum atomic E-state index is 13.9. The molecule has 0 radical (unpaired) electrons. The van der Waals surface area contributed by atoms with Gasteiger partial charge in [-0.2, -0.15) is 18.3 Å². The first kappa shape index (κ1) is 24.5. The minimum absolute atomic E-state index is 0.0336. The van der Waals surface area contributed by atoms with Gasteiger partial charge in [-0.15, -0.1) is 0 Å². The van der Waals surface area contributed by atoms with E-state index >= 15 is 0 Å². The summed E-state index contributed by atoms with van der Waals surface area (Å²) in [5, 5.41) is 3.70. The number of benzene rings is 1. The molecule has 0 aliphatic carbocycles. The van der Waals surface area contributed by atoms with Crippen LogP contribution in [0.5, 0.6) is 5.75 Å². The largest absolute Gasteiger partial charge is 0.495 e. The van der Waals surface area contributed by atoms with Crippen molar-refractivity contribution in [3.05, 3.63) is 83.0 Å². The quantitative estimate of drug-likeness (QED) is 0.387. The van der Waals surface area contributed by atoms with E-state index in [1.807, 2.05) is 17.6 Å². The number of rotatable bonds is 6. The Kier molecular flexibility index (Phi) is 6.22. The fourth-order valence-electron chi connectivity index (χ4n) is 4.74. The summed E-state index contributed by atoms with van der Waals surface area (Å²) >= 11 is 0. The number of methoxy groups -OCH3 is 1. The van der Waals surface area contributed by atoms with Crippen LogP contribution in [0.3, 0.4) is 0 Å². The van der Waals surface area contributed by atoms with Crippen molar-refractivity contribution in [3.8, 4) is 16.9 Å². The molecule has 37 heavy (non-hydrogen) atoms. The number of hydrogen-bond acceptors (Lipinski definition) is 5. The molecule has 0 N–H and O–H groups in total. The maximum Gasteiger partial charge on any atom is 0.435 e. The van der Waals surface area contributed by atoms with Gasteiger partial charge in [0, 0.05) is 62.6 Å². The minimum atomic E-state index is -4.63. The second kappa shape index (κ2) is 9.38. The molecule has 5 rings (SSSR count). The highest BCUT2D eigenvalue weighted by Gasteiger charge is 2.39. The summed E-state index contributed by atoms with van der Waals surface area (Å²) in [6.45, 7) is 2.87. The number of alkyl halides is 3. The van der Waals surface area contributed by atoms with Crippen LogP contribution in [0, 0.1) is 6.92 Å². The third-order valence-corrected chi connectivity index (χ3v) is 6.50. The summed E-state index contributed by atoms with van der Waals surface area (Å²) in [4.78, 5) is 23.7. The van der Waals surface area contributed by atoms with Gasteiger partial charge in [0.05, 0.1) is 13.3 Å². The molecule has 0 atom stereocenters. The van der Waals surface area contributed by atoms with Gasteiger partial charge in [0.1, 0.15) is 11.6 Å². The molecular weight excluding hydrogens is 485 g/mol. The van der Waals surface area contributed by atoms with Crippen molar-refractivity contribution in [3.63, 3.8) is 0 Å². The average molecular weight is 511 g/mol. The van der Waals surface area contributed by atoms with Gasteiger partial charge >= 0.3 is 6.18 Å². The zero-order valence-electron chi connectivity index (χ0n) is 20.6. The molecule has 1 aromatic carbocycles. The van der Waals surface area contributed by atoms with E-state index in [-0.39, 0.29) is 11.5 Å². The monoisotopic (exact) mass is 510 g/mol. The lowest BCUT2D eigenvalue weighted by Crippen LogP contribution is -2.37. The lowest BCUT2D eigenvalue weighted by Gasteiger charge is -2.30. The zero-order valence-corrected chi connectivity index (χ0v) is 20.6. The number of halogens is 3. The summed E-state index contributed by atoms with van der Waals surface area (Å²) in [6, 6.07) is 5.32. The molecule has 3 aromatic heterocycles. The van der Waals surface area contributed by atoms with E-state index in [1.54, 1.807) is 48.9 Å². The smallest absolute Gasteiger partial charge is 0.435 e. The Balaban J connectivity index is 1.60. The zero-order chi connectivity index (χ0) is 26.3. The van der Waals surface area contributed by atoms with Gasteiger partial charge in [-0.05, 0) is 53.8 Å². The van der Waals surface area contributed by atoms with Gasteiger partial charge in [0.25, 0.3) is 5.91 Å². The Labute approximate surface area is 211 Å². The lowest BCUT2D eigenvalue weighted by atomic mass is 9.88. The van der Waals surface area contributed by atoms with Crippen molar-refractivity contribution in [1.82, 2.24) is 29.2 Å². The SMILES string of the molecule is COc1cncc(CN2CCc3c(cc(Cn4ccnc4C)cc3-c3cn(C)nc3C(F)(F)F)C2=O)c1. The fourth-order valence-corrected chi connectivity index (χ4v) is 4.74. The molecule has 4 heterocycles. The number of pyridine rings is 1. The van der Waals surface area contributed by atoms with Crippen LogP contribution >= 0.6 is 0 Å². The number of carbonyl (C=O) groups is 1. The van der Waals surface area contributed by atoms with E-state index in [1.165, 1.54) is 13.2 Å². The molecule has 0 fully saturated rings. The van der Waals surface area contributed by atoms with Gasteiger partial charge in [-0.3, -0.25) is 14.5 Å². The summed E-state index contributed by atoms with van der Waals surface area (Å²) < 4.78 is 50.0. The molecule has 0 saturated carbocycles. The molecule has 11 heteroatoms. The number of carbonyl (C=O) groups excluding carboxylic acids is 1. The van der Waals surface area contributed by atoms with Crippen molar-refractivity contribution < 1.29 is 22.7 Å². The summed E-state index contributed by atoms with van der Waals surface area (Å²) in [5.41, 5.74) is 1.86. The highest BCUT2D eigenvalue weighted by molar-refractivity contribution is 5.99. The maximum absolute atomic E-state index is 13.9. The molecule has 4 aromatic rings. The average Bonchev–Trinajstić information content (AvgIpc) is 3.46. The van der Waals surface area contributed by atoms with Crippen LogP contribution in [0.25, 0.3) is 11.1 Å². The van der Waals surface area contributed by atoms with Crippen molar-refractivity contribution in [1.29, 1.82) is 0 Å². The Morgan fingerprint density at radius 2 is 1.84 bits per heavy atom. The third kappa shape index (κ3) is 4.81. The fraction of sp³-hybridized carbons (Fsp3) is 0.308. The molecule has 1 aliphatic heterocycles. The van der Waals surface area contributed by atoms with E-state index in [4.69, 9.17) is 4.74 Å². The third-order valence-electron chi connectivity index (χ3n) is 6.50. The van der Waals surface area contributed by atoms with Crippen LogP contribution in [-0.4, -0.2) is 48.8 Å². The van der Waals surface area contributed by atoms with E-state index in [9.17, 15) is 18.0 Å². The standard InChI is InChI=1S/C26H25F3N6O2/c1-16-31-5-7-34(16)13-17-9-21(23-15-33(2)32-24(23)26(27,28)29)20-4-6-35(25(36)22(20)10-17)14-18-8-19(37-3)12-30-11-18/h5,7-12,15H,4,6,13-14H2,1-3H3. The number of amides is 1. The van der Waals surface area contributed by atoms with Gasteiger partial charge in [0.2, 0.25) is 0 Å². The number of hydrogen-bond donors (Lipinski definition) is 0. The van der Waals surface area contributed by atoms with Crippen molar-refractivity contribution in [2.75, 3.05) is 13.7 Å². The molecule has 8 nitrogen and oxygen atoms in total. The molecule has 192 valence electrons. The number of fused-ring (bicyclic) bond motifs is 1. The first-order valence-electron chi connectivity index (χ1n) is 11.7. The van der Waals surface area contributed by atoms with Crippen LogP contribution in [0.4, 0.5) is 13.2 Å². The van der Waals surface area contributed by atoms with Gasteiger partial charge in [0.15, 0.2) is 5.69 Å². The molecule has 0 bridgehead atoms. The second-order valence-electron chi connectivity index (χ2n) is 9.04. The van der Waals surface area contributed by atoms with Crippen LogP contribution in [0.15, 0.2) is 49.2 Å². The molecule has 1 amide bonds. The molecule has 0 spiro atoms. The predicted octanol–water partition coefficient (Wildman–Crippen LogP) is 4.26. The van der Waals surface area contributed by atoms with Gasteiger partial charge < -0.3 is 14.2 Å². The van der Waals surface area contributed by atoms with Crippen LogP contribution < -0.4 is 4.74 Å². The van der Waals surface area contributed by atoms with Gasteiger partial charge in [-0.1, -0.05) is 0 Å². The van der Waals surface area contributed by atoms with E-state index < -0.39 is 11.9 Å². The van der Waals surface area contributed by atoms with Gasteiger partial charge in [-0.25, -0.2) is 4.98 Å².